The van der Waals surface area contributed by atoms with Crippen LogP contribution in [0.5, 0.6) is 0 Å². The van der Waals surface area contributed by atoms with Gasteiger partial charge in [0.15, 0.2) is 0 Å². The minimum atomic E-state index is -0.443. The molecule has 1 aromatic carbocycles. The van der Waals surface area contributed by atoms with Gasteiger partial charge in [0.05, 0.1) is 21.0 Å². The number of nitrogens with zero attached hydrogens (tertiary/aromatic N) is 1. The highest BCUT2D eigenvalue weighted by atomic mass is 32.1. The zero-order valence-electron chi connectivity index (χ0n) is 14.2. The van der Waals surface area contributed by atoms with Gasteiger partial charge in [-0.15, -0.1) is 11.3 Å². The molecule has 0 atom stereocenters. The van der Waals surface area contributed by atoms with Crippen molar-refractivity contribution < 1.29 is 23.3 Å². The van der Waals surface area contributed by atoms with Gasteiger partial charge in [-0.2, -0.15) is 0 Å². The third kappa shape index (κ3) is 2.97. The number of carbonyl (C=O) groups excluding carboxylic acids is 3. The summed E-state index contributed by atoms with van der Waals surface area (Å²) < 4.78 is 17.9. The number of thiophene rings is 1. The predicted octanol–water partition coefficient (Wildman–Crippen LogP) is 2.93. The summed E-state index contributed by atoms with van der Waals surface area (Å²) in [5.74, 6) is -1.56. The Morgan fingerprint density at radius 3 is 2.70 bits per heavy atom. The van der Waals surface area contributed by atoms with Crippen molar-refractivity contribution in [3.63, 3.8) is 0 Å². The number of amides is 1. The number of benzene rings is 1. The van der Waals surface area contributed by atoms with Gasteiger partial charge in [0.2, 0.25) is 17.3 Å². The summed E-state index contributed by atoms with van der Waals surface area (Å²) in [6.45, 7) is 1.94. The van der Waals surface area contributed by atoms with Crippen LogP contribution < -0.4 is 5.32 Å². The largest absolute Gasteiger partial charge is 0.352 e. The van der Waals surface area contributed by atoms with E-state index in [0.29, 0.717) is 18.7 Å². The van der Waals surface area contributed by atoms with E-state index in [9.17, 15) is 18.8 Å². The fourth-order valence-electron chi connectivity index (χ4n) is 2.93. The quantitative estimate of drug-likeness (QED) is 0.584. The van der Waals surface area contributed by atoms with Gasteiger partial charge in [-0.25, -0.2) is 4.39 Å². The van der Waals surface area contributed by atoms with Crippen molar-refractivity contribution in [2.75, 3.05) is 6.54 Å². The van der Waals surface area contributed by atoms with Gasteiger partial charge in [-0.3, -0.25) is 14.4 Å². The summed E-state index contributed by atoms with van der Waals surface area (Å²) in [5, 5.41) is 6.43. The van der Waals surface area contributed by atoms with E-state index in [-0.39, 0.29) is 44.1 Å². The van der Waals surface area contributed by atoms with Crippen molar-refractivity contribution in [2.45, 2.75) is 13.3 Å². The molecule has 0 aliphatic heterocycles. The van der Waals surface area contributed by atoms with Crippen LogP contribution in [-0.2, 0) is 6.42 Å². The molecule has 27 heavy (non-hydrogen) atoms. The molecule has 6 nitrogen and oxygen atoms in total. The van der Waals surface area contributed by atoms with Gasteiger partial charge < -0.3 is 9.84 Å². The highest BCUT2D eigenvalue weighted by Gasteiger charge is 2.38. The van der Waals surface area contributed by atoms with E-state index in [4.69, 9.17) is 4.52 Å². The lowest BCUT2D eigenvalue weighted by molar-refractivity contribution is 0.0955. The van der Waals surface area contributed by atoms with Crippen molar-refractivity contribution in [1.82, 2.24) is 10.5 Å². The van der Waals surface area contributed by atoms with E-state index in [1.54, 1.807) is 19.1 Å². The number of aromatic nitrogens is 1. The van der Waals surface area contributed by atoms with E-state index in [2.05, 4.69) is 10.5 Å². The lowest BCUT2D eigenvalue weighted by Gasteiger charge is -2.07. The Labute approximate surface area is 157 Å². The Balaban J connectivity index is 1.49. The van der Waals surface area contributed by atoms with E-state index >= 15 is 0 Å². The molecule has 0 unspecified atom stereocenters. The molecule has 1 aliphatic rings. The number of ketones is 2. The van der Waals surface area contributed by atoms with Crippen molar-refractivity contribution in [2.24, 2.45) is 0 Å². The summed E-state index contributed by atoms with van der Waals surface area (Å²) in [5.41, 5.74) is 1.57. The standard InChI is InChI=1S/C19H13FN2O4S/c1-9-14-16(24)18-12(15(23)17(14)26-22-9)8-13(27-18)19(25)21-7-6-10-2-4-11(20)5-3-10/h2-5,8H,6-7H2,1H3,(H,21,25). The number of carbonyl (C=O) groups is 3. The molecule has 2 aromatic heterocycles. The van der Waals surface area contributed by atoms with Gasteiger partial charge in [-0.1, -0.05) is 17.3 Å². The smallest absolute Gasteiger partial charge is 0.261 e. The van der Waals surface area contributed by atoms with Gasteiger partial charge in [-0.05, 0) is 37.1 Å². The molecule has 0 spiro atoms. The maximum absolute atomic E-state index is 12.9. The van der Waals surface area contributed by atoms with Crippen molar-refractivity contribution in [1.29, 1.82) is 0 Å². The first-order chi connectivity index (χ1) is 13.0. The van der Waals surface area contributed by atoms with Crippen LogP contribution in [0, 0.1) is 12.7 Å². The molecule has 1 amide bonds. The number of halogens is 1. The molecule has 1 aliphatic carbocycles. The first-order valence-electron chi connectivity index (χ1n) is 8.18. The van der Waals surface area contributed by atoms with Gasteiger partial charge in [0, 0.05) is 12.1 Å². The molecule has 2 heterocycles. The molecule has 0 bridgehead atoms. The van der Waals surface area contributed by atoms with Crippen LogP contribution in [0.15, 0.2) is 34.9 Å². The number of rotatable bonds is 4. The Kier molecular flexibility index (Phi) is 4.19. The molecule has 0 saturated carbocycles. The average molecular weight is 384 g/mol. The van der Waals surface area contributed by atoms with Crippen LogP contribution in [0.3, 0.4) is 0 Å². The van der Waals surface area contributed by atoms with Crippen LogP contribution in [0.25, 0.3) is 0 Å². The molecular weight excluding hydrogens is 371 g/mol. The van der Waals surface area contributed by atoms with Crippen LogP contribution >= 0.6 is 11.3 Å². The summed E-state index contributed by atoms with van der Waals surface area (Å²) >= 11 is 0.978. The minimum absolute atomic E-state index is 0.0777. The maximum Gasteiger partial charge on any atom is 0.261 e. The van der Waals surface area contributed by atoms with Gasteiger partial charge >= 0.3 is 0 Å². The van der Waals surface area contributed by atoms with Crippen LogP contribution in [-0.4, -0.2) is 29.2 Å². The molecule has 1 N–H and O–H groups in total. The van der Waals surface area contributed by atoms with Crippen molar-refractivity contribution in [3.05, 3.63) is 74.0 Å². The first-order valence-corrected chi connectivity index (χ1v) is 8.99. The van der Waals surface area contributed by atoms with E-state index in [0.717, 1.165) is 16.9 Å². The fourth-order valence-corrected chi connectivity index (χ4v) is 3.94. The van der Waals surface area contributed by atoms with E-state index in [1.165, 1.54) is 18.2 Å². The molecule has 0 saturated heterocycles. The number of fused-ring (bicyclic) bond motifs is 2. The molecule has 3 aromatic rings. The molecule has 136 valence electrons. The molecule has 4 rings (SSSR count). The highest BCUT2D eigenvalue weighted by Crippen LogP contribution is 2.34. The highest BCUT2D eigenvalue weighted by molar-refractivity contribution is 7.16. The Morgan fingerprint density at radius 2 is 1.96 bits per heavy atom. The molecule has 0 radical (unpaired) electrons. The van der Waals surface area contributed by atoms with Gasteiger partial charge in [0.25, 0.3) is 5.91 Å². The summed E-state index contributed by atoms with van der Waals surface area (Å²) in [6.07, 6.45) is 0.536. The average Bonchev–Trinajstić information content (AvgIpc) is 3.26. The fraction of sp³-hybridized carbons (Fsp3) is 0.158. The SMILES string of the molecule is Cc1noc2c1C(=O)c1sc(C(=O)NCCc3ccc(F)cc3)cc1C2=O. The Bertz CT molecular complexity index is 1080. The third-order valence-electron chi connectivity index (χ3n) is 4.32. The normalized spacial score (nSPS) is 12.7. The number of nitrogens with one attached hydrogen (secondary N) is 1. The summed E-state index contributed by atoms with van der Waals surface area (Å²) in [4.78, 5) is 38.0. The number of hydrogen-bond donors (Lipinski definition) is 1. The van der Waals surface area contributed by atoms with Crippen molar-refractivity contribution in [3.8, 4) is 0 Å². The second kappa shape index (κ2) is 6.55. The minimum Gasteiger partial charge on any atom is -0.352 e. The summed E-state index contributed by atoms with van der Waals surface area (Å²) in [7, 11) is 0. The monoisotopic (exact) mass is 384 g/mol. The van der Waals surface area contributed by atoms with Crippen LogP contribution in [0.4, 0.5) is 4.39 Å². The zero-order valence-corrected chi connectivity index (χ0v) is 15.0. The molecule has 8 heteroatoms. The Hall–Kier alpha value is -3.13. The summed E-state index contributed by atoms with van der Waals surface area (Å²) in [6, 6.07) is 7.44. The van der Waals surface area contributed by atoms with Crippen LogP contribution in [0.1, 0.15) is 52.3 Å². The number of hydrogen-bond acceptors (Lipinski definition) is 6. The number of aryl methyl sites for hydroxylation is 1. The first kappa shape index (κ1) is 17.3. The molecule has 0 fully saturated rings. The zero-order chi connectivity index (χ0) is 19.1. The van der Waals surface area contributed by atoms with E-state index < -0.39 is 5.78 Å². The lowest BCUT2D eigenvalue weighted by atomic mass is 9.93. The third-order valence-corrected chi connectivity index (χ3v) is 5.45. The van der Waals surface area contributed by atoms with Crippen molar-refractivity contribution >= 4 is 28.8 Å². The predicted molar refractivity (Wildman–Crippen MR) is 94.9 cm³/mol. The van der Waals surface area contributed by atoms with Crippen LogP contribution in [0.2, 0.25) is 0 Å². The van der Waals surface area contributed by atoms with Gasteiger partial charge in [0.1, 0.15) is 5.82 Å². The topological polar surface area (TPSA) is 89.3 Å². The second-order valence-electron chi connectivity index (χ2n) is 6.12. The lowest BCUT2D eigenvalue weighted by Crippen LogP contribution is -2.24. The van der Waals surface area contributed by atoms with E-state index in [1.807, 2.05) is 0 Å². The maximum atomic E-state index is 12.9. The molecular formula is C19H13FN2O4S. The second-order valence-corrected chi connectivity index (χ2v) is 7.17. The Morgan fingerprint density at radius 1 is 1.22 bits per heavy atom.